The van der Waals surface area contributed by atoms with E-state index in [-0.39, 0.29) is 30.2 Å². The number of rotatable bonds is 5. The van der Waals surface area contributed by atoms with Gasteiger partial charge in [-0.2, -0.15) is 0 Å². The van der Waals surface area contributed by atoms with Crippen LogP contribution in [-0.2, 0) is 11.3 Å². The van der Waals surface area contributed by atoms with Crippen LogP contribution in [0.25, 0.3) is 0 Å². The number of carbonyl (C=O) groups excluding carboxylic acids is 4. The van der Waals surface area contributed by atoms with Gasteiger partial charge in [-0.15, -0.1) is 0 Å². The van der Waals surface area contributed by atoms with Gasteiger partial charge in [0.1, 0.15) is 0 Å². The number of nitrogens with one attached hydrogen (secondary N) is 2. The van der Waals surface area contributed by atoms with Crippen LogP contribution < -0.4 is 10.6 Å². The lowest BCUT2D eigenvalue weighted by molar-refractivity contribution is -0.114. The molecule has 1 aliphatic heterocycles. The predicted octanol–water partition coefficient (Wildman–Crippen LogP) is 3.69. The van der Waals surface area contributed by atoms with Gasteiger partial charge in [-0.1, -0.05) is 30.3 Å². The van der Waals surface area contributed by atoms with E-state index in [1.165, 1.54) is 11.8 Å². The highest BCUT2D eigenvalue weighted by Crippen LogP contribution is 2.24. The number of carbonyl (C=O) groups is 4. The van der Waals surface area contributed by atoms with Gasteiger partial charge >= 0.3 is 0 Å². The maximum absolute atomic E-state index is 12.5. The molecule has 4 rings (SSSR count). The van der Waals surface area contributed by atoms with E-state index in [2.05, 4.69) is 10.6 Å². The Kier molecular flexibility index (Phi) is 5.32. The summed E-state index contributed by atoms with van der Waals surface area (Å²) in [6, 6.07) is 20.3. The number of anilines is 2. The number of hydrogen-bond donors (Lipinski definition) is 2. The van der Waals surface area contributed by atoms with Gasteiger partial charge in [-0.25, -0.2) is 0 Å². The lowest BCUT2D eigenvalue weighted by Crippen LogP contribution is -2.29. The fraction of sp³-hybridized carbons (Fsp3) is 0.0833. The molecule has 0 saturated heterocycles. The third-order valence-electron chi connectivity index (χ3n) is 4.88. The normalized spacial score (nSPS) is 12.5. The highest BCUT2D eigenvalue weighted by Gasteiger charge is 2.34. The van der Waals surface area contributed by atoms with Gasteiger partial charge in [0.2, 0.25) is 5.91 Å². The molecule has 7 nitrogen and oxygen atoms in total. The van der Waals surface area contributed by atoms with Gasteiger partial charge in [-0.05, 0) is 48.0 Å². The lowest BCUT2D eigenvalue weighted by Gasteiger charge is -2.14. The molecule has 0 spiro atoms. The van der Waals surface area contributed by atoms with Crippen LogP contribution in [0, 0.1) is 0 Å². The number of imide groups is 1. The third kappa shape index (κ3) is 4.20. The first-order chi connectivity index (χ1) is 14.9. The second-order valence-electron chi connectivity index (χ2n) is 7.16. The van der Waals surface area contributed by atoms with Crippen LogP contribution in [0.4, 0.5) is 11.4 Å². The standard InChI is InChI=1S/C24H19N3O4/c1-15(28)25-18-5-4-6-19(13-18)26-22(29)17-11-9-16(10-12-17)14-27-23(30)20-7-2-3-8-21(20)24(27)31/h2-13H,14H2,1H3,(H,25,28)(H,26,29). The fourth-order valence-corrected chi connectivity index (χ4v) is 3.41. The first-order valence-electron chi connectivity index (χ1n) is 9.65. The van der Waals surface area contributed by atoms with Crippen LogP contribution in [0.3, 0.4) is 0 Å². The first kappa shape index (κ1) is 20.0. The highest BCUT2D eigenvalue weighted by molar-refractivity contribution is 6.21. The Hall–Kier alpha value is -4.26. The van der Waals surface area contributed by atoms with Crippen molar-refractivity contribution in [2.45, 2.75) is 13.5 Å². The second-order valence-corrected chi connectivity index (χ2v) is 7.16. The summed E-state index contributed by atoms with van der Waals surface area (Å²) in [5.41, 5.74) is 3.11. The summed E-state index contributed by atoms with van der Waals surface area (Å²) in [7, 11) is 0. The molecule has 1 heterocycles. The number of hydrogen-bond acceptors (Lipinski definition) is 4. The summed E-state index contributed by atoms with van der Waals surface area (Å²) in [4.78, 5) is 49.9. The van der Waals surface area contributed by atoms with Crippen LogP contribution in [0.1, 0.15) is 43.6 Å². The van der Waals surface area contributed by atoms with Crippen molar-refractivity contribution in [2.24, 2.45) is 0 Å². The maximum Gasteiger partial charge on any atom is 0.261 e. The molecule has 0 aliphatic carbocycles. The molecule has 0 saturated carbocycles. The molecular weight excluding hydrogens is 394 g/mol. The van der Waals surface area contributed by atoms with Gasteiger partial charge in [0, 0.05) is 23.9 Å². The van der Waals surface area contributed by atoms with Gasteiger partial charge in [0.25, 0.3) is 17.7 Å². The van der Waals surface area contributed by atoms with Gasteiger partial charge in [0.05, 0.1) is 17.7 Å². The van der Waals surface area contributed by atoms with Crippen molar-refractivity contribution in [2.75, 3.05) is 10.6 Å². The SMILES string of the molecule is CC(=O)Nc1cccc(NC(=O)c2ccc(CN3C(=O)c4ccccc4C3=O)cc2)c1. The topological polar surface area (TPSA) is 95.6 Å². The smallest absolute Gasteiger partial charge is 0.261 e. The number of nitrogens with zero attached hydrogens (tertiary/aromatic N) is 1. The monoisotopic (exact) mass is 413 g/mol. The average molecular weight is 413 g/mol. The predicted molar refractivity (Wildman–Crippen MR) is 116 cm³/mol. The van der Waals surface area contributed by atoms with E-state index in [0.717, 1.165) is 5.56 Å². The molecule has 3 aromatic carbocycles. The largest absolute Gasteiger partial charge is 0.326 e. The molecule has 31 heavy (non-hydrogen) atoms. The van der Waals surface area contributed by atoms with Crippen LogP contribution >= 0.6 is 0 Å². The summed E-state index contributed by atoms with van der Waals surface area (Å²) >= 11 is 0. The minimum atomic E-state index is -0.318. The molecule has 0 bridgehead atoms. The Morgan fingerprint density at radius 1 is 0.774 bits per heavy atom. The number of fused-ring (bicyclic) bond motifs is 1. The van der Waals surface area contributed by atoms with Crippen molar-refractivity contribution >= 4 is 35.0 Å². The molecule has 7 heteroatoms. The van der Waals surface area contributed by atoms with Crippen LogP contribution in [0.5, 0.6) is 0 Å². The lowest BCUT2D eigenvalue weighted by atomic mass is 10.1. The van der Waals surface area contributed by atoms with Crippen molar-refractivity contribution in [3.63, 3.8) is 0 Å². The molecule has 154 valence electrons. The van der Waals surface area contributed by atoms with Crippen molar-refractivity contribution < 1.29 is 19.2 Å². The fourth-order valence-electron chi connectivity index (χ4n) is 3.41. The molecule has 0 atom stereocenters. The molecule has 3 aromatic rings. The number of benzene rings is 3. The van der Waals surface area contributed by atoms with Crippen molar-refractivity contribution in [3.8, 4) is 0 Å². The van der Waals surface area contributed by atoms with Gasteiger partial charge in [-0.3, -0.25) is 24.1 Å². The van der Waals surface area contributed by atoms with Crippen LogP contribution in [0.2, 0.25) is 0 Å². The highest BCUT2D eigenvalue weighted by atomic mass is 16.2. The van der Waals surface area contributed by atoms with E-state index in [1.54, 1.807) is 72.8 Å². The Morgan fingerprint density at radius 2 is 1.35 bits per heavy atom. The Bertz CT molecular complexity index is 1170. The molecule has 1 aliphatic rings. The van der Waals surface area contributed by atoms with E-state index in [0.29, 0.717) is 28.1 Å². The summed E-state index contributed by atoms with van der Waals surface area (Å²) in [6.07, 6.45) is 0. The first-order valence-corrected chi connectivity index (χ1v) is 9.65. The molecular formula is C24H19N3O4. The second kappa shape index (κ2) is 8.23. The van der Waals surface area contributed by atoms with Crippen LogP contribution in [-0.4, -0.2) is 28.5 Å². The molecule has 4 amide bonds. The van der Waals surface area contributed by atoms with E-state index in [9.17, 15) is 19.2 Å². The summed E-state index contributed by atoms with van der Waals surface area (Å²) in [5, 5.41) is 5.45. The average Bonchev–Trinajstić information content (AvgIpc) is 2.99. The maximum atomic E-state index is 12.5. The summed E-state index contributed by atoms with van der Waals surface area (Å²) in [5.74, 6) is -1.15. The number of amides is 4. The Labute approximate surface area is 178 Å². The van der Waals surface area contributed by atoms with Crippen molar-refractivity contribution in [3.05, 3.63) is 95.1 Å². The summed E-state index contributed by atoms with van der Waals surface area (Å²) < 4.78 is 0. The van der Waals surface area contributed by atoms with Crippen LogP contribution in [0.15, 0.2) is 72.8 Å². The quantitative estimate of drug-likeness (QED) is 0.624. The Morgan fingerprint density at radius 3 is 1.94 bits per heavy atom. The zero-order chi connectivity index (χ0) is 22.0. The van der Waals surface area contributed by atoms with E-state index in [1.807, 2.05) is 0 Å². The molecule has 2 N–H and O–H groups in total. The molecule has 0 radical (unpaired) electrons. The van der Waals surface area contributed by atoms with Crippen molar-refractivity contribution in [1.29, 1.82) is 0 Å². The minimum absolute atomic E-state index is 0.132. The van der Waals surface area contributed by atoms with E-state index in [4.69, 9.17) is 0 Å². The third-order valence-corrected chi connectivity index (χ3v) is 4.88. The van der Waals surface area contributed by atoms with E-state index >= 15 is 0 Å². The zero-order valence-electron chi connectivity index (χ0n) is 16.7. The molecule has 0 aromatic heterocycles. The zero-order valence-corrected chi connectivity index (χ0v) is 16.7. The Balaban J connectivity index is 1.43. The summed E-state index contributed by atoms with van der Waals surface area (Å²) in [6.45, 7) is 1.54. The molecule has 0 unspecified atom stereocenters. The molecule has 0 fully saturated rings. The van der Waals surface area contributed by atoms with Gasteiger partial charge in [0.15, 0.2) is 0 Å². The van der Waals surface area contributed by atoms with Crippen molar-refractivity contribution in [1.82, 2.24) is 4.90 Å². The minimum Gasteiger partial charge on any atom is -0.326 e. The van der Waals surface area contributed by atoms with E-state index < -0.39 is 0 Å². The van der Waals surface area contributed by atoms with Gasteiger partial charge < -0.3 is 10.6 Å².